The number of pyridine rings is 1. The van der Waals surface area contributed by atoms with Gasteiger partial charge in [0.15, 0.2) is 5.69 Å². The van der Waals surface area contributed by atoms with Gasteiger partial charge in [-0.1, -0.05) is 0 Å². The molecule has 2 rings (SSSR count). The van der Waals surface area contributed by atoms with E-state index in [1.807, 2.05) is 13.0 Å². The van der Waals surface area contributed by atoms with Crippen LogP contribution < -0.4 is 5.73 Å². The lowest BCUT2D eigenvalue weighted by Crippen LogP contribution is -2.00. The number of nitrogens with two attached hydrogens (primary N) is 1. The molecular formula is C10H9N5. The summed E-state index contributed by atoms with van der Waals surface area (Å²) in [4.78, 5) is 3.95. The molecule has 0 aliphatic heterocycles. The molecule has 0 fully saturated rings. The third-order valence-corrected chi connectivity index (χ3v) is 2.07. The fourth-order valence-electron chi connectivity index (χ4n) is 1.26. The Morgan fingerprint density at radius 3 is 2.93 bits per heavy atom. The lowest BCUT2D eigenvalue weighted by molar-refractivity contribution is 0.873. The van der Waals surface area contributed by atoms with E-state index < -0.39 is 0 Å². The van der Waals surface area contributed by atoms with Crippen molar-refractivity contribution in [3.05, 3.63) is 35.8 Å². The minimum absolute atomic E-state index is 0.333. The fourth-order valence-corrected chi connectivity index (χ4v) is 1.26. The molecule has 0 aliphatic rings. The van der Waals surface area contributed by atoms with E-state index in [4.69, 9.17) is 11.0 Å². The Morgan fingerprint density at radius 1 is 1.53 bits per heavy atom. The fraction of sp³-hybridized carbons (Fsp3) is 0.100. The van der Waals surface area contributed by atoms with Gasteiger partial charge in [-0.15, -0.1) is 0 Å². The van der Waals surface area contributed by atoms with Gasteiger partial charge in [0.2, 0.25) is 0 Å². The van der Waals surface area contributed by atoms with E-state index in [0.717, 1.165) is 5.56 Å². The van der Waals surface area contributed by atoms with Crippen LogP contribution in [-0.2, 0) is 0 Å². The normalized spacial score (nSPS) is 9.87. The predicted molar refractivity (Wildman–Crippen MR) is 55.2 cm³/mol. The first kappa shape index (κ1) is 9.21. The minimum atomic E-state index is 0.333. The Hall–Kier alpha value is -2.35. The third kappa shape index (κ3) is 1.53. The Bertz CT molecular complexity index is 515. The second kappa shape index (κ2) is 3.42. The summed E-state index contributed by atoms with van der Waals surface area (Å²) in [7, 11) is 0. The Morgan fingerprint density at radius 2 is 2.33 bits per heavy atom. The van der Waals surface area contributed by atoms with E-state index in [1.54, 1.807) is 29.2 Å². The molecular weight excluding hydrogens is 190 g/mol. The molecule has 0 aliphatic carbocycles. The van der Waals surface area contributed by atoms with Gasteiger partial charge in [0, 0.05) is 18.0 Å². The number of nitrogens with zero attached hydrogens (tertiary/aromatic N) is 4. The summed E-state index contributed by atoms with van der Waals surface area (Å²) in [6.07, 6.45) is 3.34. The molecule has 0 radical (unpaired) electrons. The van der Waals surface area contributed by atoms with Crippen LogP contribution in [0.1, 0.15) is 11.3 Å². The van der Waals surface area contributed by atoms with Crippen molar-refractivity contribution in [2.45, 2.75) is 6.92 Å². The van der Waals surface area contributed by atoms with Crippen LogP contribution in [-0.4, -0.2) is 14.8 Å². The summed E-state index contributed by atoms with van der Waals surface area (Å²) in [6, 6.07) is 5.54. The third-order valence-electron chi connectivity index (χ3n) is 2.07. The number of hydrogen-bond acceptors (Lipinski definition) is 4. The molecule has 0 saturated carbocycles. The second-order valence-corrected chi connectivity index (χ2v) is 3.12. The van der Waals surface area contributed by atoms with Gasteiger partial charge < -0.3 is 5.73 Å². The number of aryl methyl sites for hydroxylation is 1. The number of nitriles is 1. The molecule has 2 aromatic heterocycles. The SMILES string of the molecule is Cc1cn(-c2cccnc2C#N)nc1N. The van der Waals surface area contributed by atoms with E-state index in [-0.39, 0.29) is 0 Å². The van der Waals surface area contributed by atoms with Crippen LogP contribution in [0.4, 0.5) is 5.82 Å². The van der Waals surface area contributed by atoms with Crippen LogP contribution >= 0.6 is 0 Å². The van der Waals surface area contributed by atoms with Crippen molar-refractivity contribution in [2.24, 2.45) is 0 Å². The summed E-state index contributed by atoms with van der Waals surface area (Å²) < 4.78 is 1.57. The molecule has 0 unspecified atom stereocenters. The monoisotopic (exact) mass is 199 g/mol. The van der Waals surface area contributed by atoms with E-state index in [9.17, 15) is 0 Å². The van der Waals surface area contributed by atoms with Crippen LogP contribution in [0.2, 0.25) is 0 Å². The number of rotatable bonds is 1. The molecule has 5 heteroatoms. The second-order valence-electron chi connectivity index (χ2n) is 3.12. The molecule has 0 amide bonds. The van der Waals surface area contributed by atoms with Gasteiger partial charge in [0.05, 0.1) is 0 Å². The van der Waals surface area contributed by atoms with Crippen molar-refractivity contribution in [1.82, 2.24) is 14.8 Å². The topological polar surface area (TPSA) is 80.5 Å². The van der Waals surface area contributed by atoms with Crippen molar-refractivity contribution < 1.29 is 0 Å². The van der Waals surface area contributed by atoms with Gasteiger partial charge in [0.25, 0.3) is 0 Å². The predicted octanol–water partition coefficient (Wildman–Crippen LogP) is 1.03. The van der Waals surface area contributed by atoms with Crippen molar-refractivity contribution in [1.29, 1.82) is 5.26 Å². The lowest BCUT2D eigenvalue weighted by Gasteiger charge is -2.01. The molecule has 0 aromatic carbocycles. The molecule has 2 aromatic rings. The molecule has 2 heterocycles. The first-order valence-corrected chi connectivity index (χ1v) is 4.39. The van der Waals surface area contributed by atoms with Gasteiger partial charge in [-0.2, -0.15) is 10.4 Å². The molecule has 5 nitrogen and oxygen atoms in total. The number of nitrogen functional groups attached to an aromatic ring is 1. The summed E-state index contributed by atoms with van der Waals surface area (Å²) in [6.45, 7) is 1.86. The molecule has 2 N–H and O–H groups in total. The maximum Gasteiger partial charge on any atom is 0.166 e. The quantitative estimate of drug-likeness (QED) is 0.743. The van der Waals surface area contributed by atoms with Crippen molar-refractivity contribution in [3.63, 3.8) is 0 Å². The average Bonchev–Trinajstić information content (AvgIpc) is 2.59. The molecule has 0 atom stereocenters. The summed E-state index contributed by atoms with van der Waals surface area (Å²) >= 11 is 0. The Balaban J connectivity index is 2.59. The Kier molecular flexibility index (Phi) is 2.10. The van der Waals surface area contributed by atoms with Gasteiger partial charge in [-0.25, -0.2) is 9.67 Å². The highest BCUT2D eigenvalue weighted by Gasteiger charge is 2.07. The molecule has 0 bridgehead atoms. The highest BCUT2D eigenvalue weighted by atomic mass is 15.3. The smallest absolute Gasteiger partial charge is 0.166 e. The summed E-state index contributed by atoms with van der Waals surface area (Å²) in [5, 5.41) is 13.0. The van der Waals surface area contributed by atoms with Crippen molar-refractivity contribution >= 4 is 5.82 Å². The maximum absolute atomic E-state index is 8.87. The number of hydrogen-bond donors (Lipinski definition) is 1. The van der Waals surface area contributed by atoms with E-state index >= 15 is 0 Å². The highest BCUT2D eigenvalue weighted by molar-refractivity contribution is 5.46. The van der Waals surface area contributed by atoms with Crippen molar-refractivity contribution in [2.75, 3.05) is 5.73 Å². The van der Waals surface area contributed by atoms with Gasteiger partial charge in [-0.05, 0) is 19.1 Å². The van der Waals surface area contributed by atoms with E-state index in [2.05, 4.69) is 10.1 Å². The molecule has 0 spiro atoms. The van der Waals surface area contributed by atoms with Crippen LogP contribution in [0.25, 0.3) is 5.69 Å². The van der Waals surface area contributed by atoms with Crippen molar-refractivity contribution in [3.8, 4) is 11.8 Å². The minimum Gasteiger partial charge on any atom is -0.382 e. The van der Waals surface area contributed by atoms with E-state index in [1.165, 1.54) is 0 Å². The average molecular weight is 199 g/mol. The first-order chi connectivity index (χ1) is 7.22. The van der Waals surface area contributed by atoms with Gasteiger partial charge in [0.1, 0.15) is 17.6 Å². The molecule has 74 valence electrons. The summed E-state index contributed by atoms with van der Waals surface area (Å²) in [5.41, 5.74) is 7.48. The summed E-state index contributed by atoms with van der Waals surface area (Å²) in [5.74, 6) is 0.461. The zero-order valence-corrected chi connectivity index (χ0v) is 8.18. The highest BCUT2D eigenvalue weighted by Crippen LogP contribution is 2.14. The van der Waals surface area contributed by atoms with E-state index in [0.29, 0.717) is 17.2 Å². The number of aromatic nitrogens is 3. The lowest BCUT2D eigenvalue weighted by atomic mass is 10.3. The van der Waals surface area contributed by atoms with Gasteiger partial charge in [-0.3, -0.25) is 0 Å². The molecule has 15 heavy (non-hydrogen) atoms. The molecule has 0 saturated heterocycles. The van der Waals surface area contributed by atoms with Crippen LogP contribution in [0.3, 0.4) is 0 Å². The van der Waals surface area contributed by atoms with Crippen LogP contribution in [0, 0.1) is 18.3 Å². The number of anilines is 1. The first-order valence-electron chi connectivity index (χ1n) is 4.39. The zero-order valence-electron chi connectivity index (χ0n) is 8.18. The van der Waals surface area contributed by atoms with Gasteiger partial charge >= 0.3 is 0 Å². The largest absolute Gasteiger partial charge is 0.382 e. The van der Waals surface area contributed by atoms with Crippen LogP contribution in [0.5, 0.6) is 0 Å². The maximum atomic E-state index is 8.87. The van der Waals surface area contributed by atoms with Crippen LogP contribution in [0.15, 0.2) is 24.5 Å². The Labute approximate surface area is 86.8 Å². The standard InChI is InChI=1S/C10H9N5/c1-7-6-15(14-10(7)12)9-3-2-4-13-8(9)5-11/h2-4,6H,1H3,(H2,12,14). The zero-order chi connectivity index (χ0) is 10.8.